The molecule has 0 bridgehead atoms. The number of hydrazone groups is 1. The van der Waals surface area contributed by atoms with E-state index in [1.165, 1.54) is 12.1 Å². The third kappa shape index (κ3) is 3.37. The fourth-order valence-corrected chi connectivity index (χ4v) is 1.81. The van der Waals surface area contributed by atoms with Gasteiger partial charge in [-0.25, -0.2) is 10.9 Å². The summed E-state index contributed by atoms with van der Waals surface area (Å²) in [5.74, 6) is -0.236. The number of amides is 1. The van der Waals surface area contributed by atoms with Crippen LogP contribution in [-0.4, -0.2) is 29.1 Å². The molecule has 1 aromatic carbocycles. The molecule has 1 aromatic rings. The van der Waals surface area contributed by atoms with Gasteiger partial charge in [0, 0.05) is 24.2 Å². The number of benzene rings is 1. The van der Waals surface area contributed by atoms with Crippen molar-refractivity contribution < 1.29 is 9.72 Å². The van der Waals surface area contributed by atoms with E-state index >= 15 is 0 Å². The minimum atomic E-state index is -0.469. The van der Waals surface area contributed by atoms with Crippen LogP contribution in [0.25, 0.3) is 0 Å². The molecule has 0 aliphatic carbocycles. The maximum absolute atomic E-state index is 11.7. The summed E-state index contributed by atoms with van der Waals surface area (Å²) in [6, 6.07) is 5.80. The molecule has 8 heteroatoms. The average Bonchev–Trinajstić information content (AvgIpc) is 2.98. The van der Waals surface area contributed by atoms with Gasteiger partial charge < -0.3 is 0 Å². The molecule has 0 saturated carbocycles. The van der Waals surface area contributed by atoms with Gasteiger partial charge in [0.25, 0.3) is 11.6 Å². The van der Waals surface area contributed by atoms with Crippen LogP contribution in [-0.2, 0) is 4.79 Å². The van der Waals surface area contributed by atoms with Gasteiger partial charge in [-0.2, -0.15) is 5.10 Å². The lowest BCUT2D eigenvalue weighted by atomic mass is 10.1. The van der Waals surface area contributed by atoms with E-state index < -0.39 is 4.92 Å². The molecule has 1 fully saturated rings. The van der Waals surface area contributed by atoms with Crippen LogP contribution in [0.1, 0.15) is 18.9 Å². The molecule has 8 nitrogen and oxygen atoms in total. The van der Waals surface area contributed by atoms with E-state index in [1.807, 2.05) is 0 Å². The number of hydrazine groups is 1. The molecule has 1 amide bonds. The number of hydrogen-bond donors (Lipinski definition) is 3. The van der Waals surface area contributed by atoms with Gasteiger partial charge in [0.2, 0.25) is 0 Å². The van der Waals surface area contributed by atoms with Crippen LogP contribution in [0.4, 0.5) is 5.69 Å². The van der Waals surface area contributed by atoms with Crippen LogP contribution >= 0.6 is 0 Å². The molecular formula is C12H15N5O3. The lowest BCUT2D eigenvalue weighted by molar-refractivity contribution is -0.384. The van der Waals surface area contributed by atoms with Crippen molar-refractivity contribution in [3.8, 4) is 0 Å². The molecule has 1 aliphatic heterocycles. The van der Waals surface area contributed by atoms with E-state index in [1.54, 1.807) is 19.1 Å². The number of nitro benzene ring substituents is 1. The third-order valence-corrected chi connectivity index (χ3v) is 2.96. The van der Waals surface area contributed by atoms with Gasteiger partial charge in [-0.05, 0) is 13.3 Å². The van der Waals surface area contributed by atoms with E-state index in [4.69, 9.17) is 0 Å². The molecule has 106 valence electrons. The Morgan fingerprint density at radius 3 is 3.00 bits per heavy atom. The summed E-state index contributed by atoms with van der Waals surface area (Å²) in [5.41, 5.74) is 9.22. The van der Waals surface area contributed by atoms with Crippen molar-refractivity contribution in [1.29, 1.82) is 0 Å². The van der Waals surface area contributed by atoms with Crippen molar-refractivity contribution in [3.05, 3.63) is 39.9 Å². The van der Waals surface area contributed by atoms with Crippen LogP contribution in [0.3, 0.4) is 0 Å². The Balaban J connectivity index is 2.04. The molecule has 0 spiro atoms. The molecule has 0 aromatic heterocycles. The maximum atomic E-state index is 11.7. The highest BCUT2D eigenvalue weighted by Gasteiger charge is 2.21. The largest absolute Gasteiger partial charge is 0.271 e. The molecule has 1 heterocycles. The number of hydrogen-bond acceptors (Lipinski definition) is 6. The van der Waals surface area contributed by atoms with Crippen LogP contribution in [0.5, 0.6) is 0 Å². The zero-order valence-corrected chi connectivity index (χ0v) is 10.9. The van der Waals surface area contributed by atoms with Crippen molar-refractivity contribution >= 4 is 17.3 Å². The molecule has 3 N–H and O–H groups in total. The van der Waals surface area contributed by atoms with Gasteiger partial charge in [0.15, 0.2) is 0 Å². The first kappa shape index (κ1) is 14.1. The van der Waals surface area contributed by atoms with E-state index in [2.05, 4.69) is 21.4 Å². The highest BCUT2D eigenvalue weighted by molar-refractivity contribution is 5.99. The Hall–Kier alpha value is -2.32. The smallest absolute Gasteiger partial charge is 0.270 e. The molecule has 2 rings (SSSR count). The van der Waals surface area contributed by atoms with Crippen LogP contribution < -0.4 is 16.3 Å². The molecule has 1 aliphatic rings. The SMILES string of the molecule is C/C(=N/NC(=O)C1CCNN1)c1cccc([N+](=O)[O-])c1. The van der Waals surface area contributed by atoms with Gasteiger partial charge >= 0.3 is 0 Å². The van der Waals surface area contributed by atoms with Gasteiger partial charge in [0.05, 0.1) is 10.6 Å². The van der Waals surface area contributed by atoms with E-state index in [0.717, 1.165) is 6.54 Å². The van der Waals surface area contributed by atoms with Crippen molar-refractivity contribution in [3.63, 3.8) is 0 Å². The van der Waals surface area contributed by atoms with Gasteiger partial charge in [-0.15, -0.1) is 0 Å². The number of nitrogens with zero attached hydrogens (tertiary/aromatic N) is 2. The first-order valence-corrected chi connectivity index (χ1v) is 6.15. The van der Waals surface area contributed by atoms with Crippen molar-refractivity contribution in [1.82, 2.24) is 16.3 Å². The van der Waals surface area contributed by atoms with E-state index in [9.17, 15) is 14.9 Å². The number of non-ortho nitro benzene ring substituents is 1. The second-order valence-corrected chi connectivity index (χ2v) is 4.39. The number of carbonyl (C=O) groups is 1. The van der Waals surface area contributed by atoms with Crippen molar-refractivity contribution in [2.75, 3.05) is 6.54 Å². The first-order chi connectivity index (χ1) is 9.58. The van der Waals surface area contributed by atoms with E-state index in [0.29, 0.717) is 17.7 Å². The first-order valence-electron chi connectivity index (χ1n) is 6.15. The van der Waals surface area contributed by atoms with Gasteiger partial charge in [-0.1, -0.05) is 12.1 Å². The highest BCUT2D eigenvalue weighted by Crippen LogP contribution is 2.13. The minimum Gasteiger partial charge on any atom is -0.271 e. The summed E-state index contributed by atoms with van der Waals surface area (Å²) in [6.45, 7) is 2.41. The molecule has 1 atom stereocenters. The predicted octanol–water partition coefficient (Wildman–Crippen LogP) is 0.302. The summed E-state index contributed by atoms with van der Waals surface area (Å²) in [7, 11) is 0. The number of rotatable bonds is 4. The van der Waals surface area contributed by atoms with Gasteiger partial charge in [0.1, 0.15) is 6.04 Å². The minimum absolute atomic E-state index is 0.00923. The van der Waals surface area contributed by atoms with Crippen LogP contribution in [0, 0.1) is 10.1 Å². The lowest BCUT2D eigenvalue weighted by Crippen LogP contribution is -2.41. The summed E-state index contributed by atoms with van der Waals surface area (Å²) in [5, 5.41) is 14.7. The second kappa shape index (κ2) is 6.22. The Morgan fingerprint density at radius 1 is 1.55 bits per heavy atom. The highest BCUT2D eigenvalue weighted by atomic mass is 16.6. The van der Waals surface area contributed by atoms with Gasteiger partial charge in [-0.3, -0.25) is 20.3 Å². The van der Waals surface area contributed by atoms with Crippen LogP contribution in [0.15, 0.2) is 29.4 Å². The summed E-state index contributed by atoms with van der Waals surface area (Å²) >= 11 is 0. The summed E-state index contributed by atoms with van der Waals surface area (Å²) < 4.78 is 0. The topological polar surface area (TPSA) is 109 Å². The standard InChI is InChI=1S/C12H15N5O3/c1-8(9-3-2-4-10(7-9)17(19)20)14-16-12(18)11-5-6-13-15-11/h2-4,7,11,13,15H,5-6H2,1H3,(H,16,18)/b14-8-. The molecule has 0 radical (unpaired) electrons. The molecule has 1 unspecified atom stereocenters. The average molecular weight is 277 g/mol. The normalized spacial score (nSPS) is 18.9. The number of nitro groups is 1. The number of nitrogens with one attached hydrogen (secondary N) is 3. The predicted molar refractivity (Wildman–Crippen MR) is 73.0 cm³/mol. The fraction of sp³-hybridized carbons (Fsp3) is 0.333. The Morgan fingerprint density at radius 2 is 2.35 bits per heavy atom. The van der Waals surface area contributed by atoms with Crippen LogP contribution in [0.2, 0.25) is 0 Å². The van der Waals surface area contributed by atoms with Crippen molar-refractivity contribution in [2.45, 2.75) is 19.4 Å². The Bertz CT molecular complexity index is 552. The zero-order chi connectivity index (χ0) is 14.5. The Labute approximate surface area is 115 Å². The summed E-state index contributed by atoms with van der Waals surface area (Å²) in [4.78, 5) is 22.0. The lowest BCUT2D eigenvalue weighted by Gasteiger charge is -2.07. The second-order valence-electron chi connectivity index (χ2n) is 4.39. The Kier molecular flexibility index (Phi) is 4.38. The molecule has 20 heavy (non-hydrogen) atoms. The van der Waals surface area contributed by atoms with E-state index in [-0.39, 0.29) is 17.6 Å². The third-order valence-electron chi connectivity index (χ3n) is 2.96. The molecular weight excluding hydrogens is 262 g/mol. The van der Waals surface area contributed by atoms with Crippen molar-refractivity contribution in [2.24, 2.45) is 5.10 Å². The zero-order valence-electron chi connectivity index (χ0n) is 10.9. The number of carbonyl (C=O) groups excluding carboxylic acids is 1. The summed E-state index contributed by atoms with van der Waals surface area (Å²) in [6.07, 6.45) is 0.692. The maximum Gasteiger partial charge on any atom is 0.270 e. The monoisotopic (exact) mass is 277 g/mol. The molecule has 1 saturated heterocycles. The quantitative estimate of drug-likeness (QED) is 0.417. The fourth-order valence-electron chi connectivity index (χ4n) is 1.81.